The Kier molecular flexibility index (Phi) is 6.12. The first-order chi connectivity index (χ1) is 9.06. The predicted octanol–water partition coefficient (Wildman–Crippen LogP) is 4.06. The van der Waals surface area contributed by atoms with Crippen LogP contribution in [0, 0.1) is 0 Å². The third-order valence-electron chi connectivity index (χ3n) is 2.61. The molecule has 0 heterocycles. The zero-order valence-electron chi connectivity index (χ0n) is 11.2. The molecule has 1 N–H and O–H groups in total. The molecule has 1 atom stereocenters. The van der Waals surface area contributed by atoms with Crippen LogP contribution in [0.1, 0.15) is 19.8 Å². The summed E-state index contributed by atoms with van der Waals surface area (Å²) in [5, 5.41) is 3.14. The first-order valence-corrected chi connectivity index (χ1v) is 6.07. The Labute approximate surface area is 112 Å². The van der Waals surface area contributed by atoms with Gasteiger partial charge < -0.3 is 14.8 Å². The summed E-state index contributed by atoms with van der Waals surface area (Å²) < 4.78 is 34.2. The van der Waals surface area contributed by atoms with Crippen molar-refractivity contribution in [1.29, 1.82) is 0 Å². The van der Waals surface area contributed by atoms with Gasteiger partial charge in [-0.2, -0.15) is 8.78 Å². The zero-order valence-corrected chi connectivity index (χ0v) is 11.2. The molecule has 106 valence electrons. The maximum Gasteiger partial charge on any atom is 0.387 e. The first kappa shape index (κ1) is 15.3. The lowest BCUT2D eigenvalue weighted by atomic mass is 10.1. The molecular weight excluding hydrogens is 252 g/mol. The Morgan fingerprint density at radius 3 is 2.74 bits per heavy atom. The maximum atomic E-state index is 12.3. The summed E-state index contributed by atoms with van der Waals surface area (Å²) in [6.07, 6.45) is 3.53. The van der Waals surface area contributed by atoms with Crippen LogP contribution in [-0.2, 0) is 0 Å². The van der Waals surface area contributed by atoms with E-state index in [1.54, 1.807) is 12.1 Å². The Balaban J connectivity index is 2.84. The van der Waals surface area contributed by atoms with Gasteiger partial charge in [-0.3, -0.25) is 0 Å². The normalized spacial score (nSPS) is 12.1. The molecule has 1 rings (SSSR count). The highest BCUT2D eigenvalue weighted by atomic mass is 19.3. The van der Waals surface area contributed by atoms with Crippen molar-refractivity contribution >= 4 is 5.69 Å². The largest absolute Gasteiger partial charge is 0.497 e. The fourth-order valence-electron chi connectivity index (χ4n) is 1.65. The van der Waals surface area contributed by atoms with E-state index in [0.29, 0.717) is 11.4 Å². The van der Waals surface area contributed by atoms with Gasteiger partial charge in [0, 0.05) is 12.1 Å². The molecule has 0 saturated carbocycles. The van der Waals surface area contributed by atoms with Crippen molar-refractivity contribution in [1.82, 2.24) is 0 Å². The monoisotopic (exact) mass is 271 g/mol. The van der Waals surface area contributed by atoms with Crippen LogP contribution < -0.4 is 14.8 Å². The molecule has 0 aliphatic heterocycles. The minimum atomic E-state index is -2.85. The number of hydrogen-bond donors (Lipinski definition) is 1. The lowest BCUT2D eigenvalue weighted by Crippen LogP contribution is -2.16. The standard InChI is InChI=1S/C14H19F2NO2/c1-4-5-6-10(2)17-12-9-11(18-3)7-8-13(12)19-14(15)16/h4,7-10,14,17H,1,5-6H2,2-3H3. The molecule has 1 aromatic rings. The summed E-state index contributed by atoms with van der Waals surface area (Å²) in [5.74, 6) is 0.696. The molecule has 5 heteroatoms. The quantitative estimate of drug-likeness (QED) is 0.723. The van der Waals surface area contributed by atoms with Gasteiger partial charge in [-0.05, 0) is 31.9 Å². The second-order valence-corrected chi connectivity index (χ2v) is 4.15. The van der Waals surface area contributed by atoms with Crippen molar-refractivity contribution in [3.63, 3.8) is 0 Å². The fraction of sp³-hybridized carbons (Fsp3) is 0.429. The molecule has 0 radical (unpaired) electrons. The summed E-state index contributed by atoms with van der Waals surface area (Å²) in [7, 11) is 1.52. The molecule has 19 heavy (non-hydrogen) atoms. The highest BCUT2D eigenvalue weighted by Gasteiger charge is 2.12. The predicted molar refractivity (Wildman–Crippen MR) is 72.1 cm³/mol. The van der Waals surface area contributed by atoms with Crippen LogP contribution >= 0.6 is 0 Å². The third kappa shape index (κ3) is 5.16. The number of halogens is 2. The van der Waals surface area contributed by atoms with Gasteiger partial charge in [0.15, 0.2) is 0 Å². The Morgan fingerprint density at radius 2 is 2.16 bits per heavy atom. The van der Waals surface area contributed by atoms with Gasteiger partial charge in [-0.25, -0.2) is 0 Å². The highest BCUT2D eigenvalue weighted by molar-refractivity contribution is 5.60. The van der Waals surface area contributed by atoms with E-state index in [-0.39, 0.29) is 11.8 Å². The second kappa shape index (κ2) is 7.61. The molecule has 0 bridgehead atoms. The van der Waals surface area contributed by atoms with Crippen molar-refractivity contribution in [2.75, 3.05) is 12.4 Å². The summed E-state index contributed by atoms with van der Waals surface area (Å²) in [6.45, 7) is 2.77. The SMILES string of the molecule is C=CCCC(C)Nc1cc(OC)ccc1OC(F)F. The molecule has 0 aliphatic rings. The molecule has 0 spiro atoms. The molecule has 0 fully saturated rings. The highest BCUT2D eigenvalue weighted by Crippen LogP contribution is 2.31. The minimum absolute atomic E-state index is 0.112. The van der Waals surface area contributed by atoms with E-state index < -0.39 is 6.61 Å². The number of nitrogens with one attached hydrogen (secondary N) is 1. The summed E-state index contributed by atoms with van der Waals surface area (Å²) in [6, 6.07) is 4.80. The Bertz CT molecular complexity index is 410. The van der Waals surface area contributed by atoms with E-state index in [1.807, 2.05) is 13.0 Å². The smallest absolute Gasteiger partial charge is 0.387 e. The average Bonchev–Trinajstić information content (AvgIpc) is 2.37. The fourth-order valence-corrected chi connectivity index (χ4v) is 1.65. The second-order valence-electron chi connectivity index (χ2n) is 4.15. The Morgan fingerprint density at radius 1 is 1.42 bits per heavy atom. The number of allylic oxidation sites excluding steroid dienone is 1. The van der Waals surface area contributed by atoms with Crippen LogP contribution in [0.4, 0.5) is 14.5 Å². The van der Waals surface area contributed by atoms with Crippen molar-refractivity contribution in [2.24, 2.45) is 0 Å². The molecular formula is C14H19F2NO2. The molecule has 3 nitrogen and oxygen atoms in total. The van der Waals surface area contributed by atoms with Gasteiger partial charge in [0.05, 0.1) is 12.8 Å². The number of anilines is 1. The van der Waals surface area contributed by atoms with Crippen LogP contribution in [0.15, 0.2) is 30.9 Å². The van der Waals surface area contributed by atoms with E-state index >= 15 is 0 Å². The average molecular weight is 271 g/mol. The van der Waals surface area contributed by atoms with Crippen LogP contribution in [-0.4, -0.2) is 19.8 Å². The third-order valence-corrected chi connectivity index (χ3v) is 2.61. The molecule has 0 aromatic heterocycles. The van der Waals surface area contributed by atoms with Crippen molar-refractivity contribution in [3.05, 3.63) is 30.9 Å². The molecule has 0 saturated heterocycles. The van der Waals surface area contributed by atoms with E-state index in [4.69, 9.17) is 4.74 Å². The molecule has 1 unspecified atom stereocenters. The summed E-state index contributed by atoms with van der Waals surface area (Å²) in [5.41, 5.74) is 0.496. The maximum absolute atomic E-state index is 12.3. The lowest BCUT2D eigenvalue weighted by Gasteiger charge is -2.18. The van der Waals surface area contributed by atoms with Gasteiger partial charge in [-0.1, -0.05) is 6.08 Å². The molecule has 0 amide bonds. The number of hydrogen-bond acceptors (Lipinski definition) is 3. The van der Waals surface area contributed by atoms with Crippen molar-refractivity contribution < 1.29 is 18.3 Å². The number of rotatable bonds is 8. The number of methoxy groups -OCH3 is 1. The van der Waals surface area contributed by atoms with Crippen LogP contribution in [0.3, 0.4) is 0 Å². The topological polar surface area (TPSA) is 30.5 Å². The van der Waals surface area contributed by atoms with Crippen molar-refractivity contribution in [3.8, 4) is 11.5 Å². The zero-order chi connectivity index (χ0) is 14.3. The number of benzene rings is 1. The van der Waals surface area contributed by atoms with E-state index in [9.17, 15) is 8.78 Å². The van der Waals surface area contributed by atoms with Crippen LogP contribution in [0.2, 0.25) is 0 Å². The molecule has 1 aromatic carbocycles. The van der Waals surface area contributed by atoms with Gasteiger partial charge >= 0.3 is 6.61 Å². The summed E-state index contributed by atoms with van der Waals surface area (Å²) in [4.78, 5) is 0. The molecule has 0 aliphatic carbocycles. The lowest BCUT2D eigenvalue weighted by molar-refractivity contribution is -0.0494. The number of alkyl halides is 2. The van der Waals surface area contributed by atoms with E-state index in [2.05, 4.69) is 16.6 Å². The van der Waals surface area contributed by atoms with Crippen LogP contribution in [0.25, 0.3) is 0 Å². The van der Waals surface area contributed by atoms with Crippen LogP contribution in [0.5, 0.6) is 11.5 Å². The summed E-state index contributed by atoms with van der Waals surface area (Å²) >= 11 is 0. The minimum Gasteiger partial charge on any atom is -0.497 e. The van der Waals surface area contributed by atoms with Gasteiger partial charge in [0.25, 0.3) is 0 Å². The number of ether oxygens (including phenoxy) is 2. The van der Waals surface area contributed by atoms with Gasteiger partial charge in [-0.15, -0.1) is 6.58 Å². The van der Waals surface area contributed by atoms with E-state index in [0.717, 1.165) is 12.8 Å². The van der Waals surface area contributed by atoms with E-state index in [1.165, 1.54) is 13.2 Å². The van der Waals surface area contributed by atoms with Crippen molar-refractivity contribution in [2.45, 2.75) is 32.4 Å². The van der Waals surface area contributed by atoms with Gasteiger partial charge in [0.1, 0.15) is 11.5 Å². The Hall–Kier alpha value is -1.78. The van der Waals surface area contributed by atoms with Gasteiger partial charge in [0.2, 0.25) is 0 Å². The first-order valence-electron chi connectivity index (χ1n) is 6.07.